The molecule has 1 aromatic carbocycles. The van der Waals surface area contributed by atoms with Crippen LogP contribution >= 0.6 is 24.0 Å². The van der Waals surface area contributed by atoms with Crippen molar-refractivity contribution in [2.24, 2.45) is 4.99 Å². The first-order valence-electron chi connectivity index (χ1n) is 9.05. The Labute approximate surface area is 168 Å². The maximum atomic E-state index is 12.2. The number of nitrogens with one attached hydrogen (secondary N) is 2. The summed E-state index contributed by atoms with van der Waals surface area (Å²) in [5, 5.41) is 6.56. The molecule has 1 fully saturated rings. The zero-order chi connectivity index (χ0) is 17.2. The van der Waals surface area contributed by atoms with Gasteiger partial charge >= 0.3 is 0 Å². The number of rotatable bonds is 6. The van der Waals surface area contributed by atoms with Gasteiger partial charge in [-0.05, 0) is 37.7 Å². The second kappa shape index (κ2) is 12.1. The first kappa shape index (κ1) is 21.7. The van der Waals surface area contributed by atoms with Crippen LogP contribution in [0, 0.1) is 0 Å². The molecule has 1 saturated heterocycles. The van der Waals surface area contributed by atoms with E-state index in [0.29, 0.717) is 11.9 Å². The van der Waals surface area contributed by atoms with Crippen molar-refractivity contribution in [3.8, 4) is 0 Å². The van der Waals surface area contributed by atoms with Gasteiger partial charge in [0.05, 0.1) is 0 Å². The number of likely N-dealkylation sites (tertiary alicyclic amines) is 1. The molecule has 1 aliphatic rings. The molecule has 0 bridgehead atoms. The average Bonchev–Trinajstić information content (AvgIpc) is 2.65. The van der Waals surface area contributed by atoms with Gasteiger partial charge in [-0.1, -0.05) is 37.3 Å². The standard InChI is InChI=1S/C19H30N4O.HI/c1-3-20-19(21-14-16(2)17-10-6-4-7-11-17)22-15-18(24)23-12-8-5-9-13-23;/h4,6-7,10-11,16H,3,5,8-9,12-15H2,1-2H3,(H2,20,21,22);1H. The molecule has 2 rings (SSSR count). The molecular weight excluding hydrogens is 427 g/mol. The fraction of sp³-hybridized carbons (Fsp3) is 0.579. The lowest BCUT2D eigenvalue weighted by molar-refractivity contribution is -0.130. The van der Waals surface area contributed by atoms with Crippen LogP contribution in [0.3, 0.4) is 0 Å². The number of amides is 1. The summed E-state index contributed by atoms with van der Waals surface area (Å²) in [7, 11) is 0. The van der Waals surface area contributed by atoms with Crippen LogP contribution in [0.2, 0.25) is 0 Å². The average molecular weight is 458 g/mol. The van der Waals surface area contributed by atoms with Crippen molar-refractivity contribution in [1.82, 2.24) is 15.5 Å². The molecule has 1 amide bonds. The van der Waals surface area contributed by atoms with Crippen molar-refractivity contribution in [3.05, 3.63) is 35.9 Å². The second-order valence-electron chi connectivity index (χ2n) is 6.33. The van der Waals surface area contributed by atoms with E-state index in [1.807, 2.05) is 17.9 Å². The summed E-state index contributed by atoms with van der Waals surface area (Å²) in [4.78, 5) is 18.6. The Morgan fingerprint density at radius 2 is 1.84 bits per heavy atom. The molecule has 1 aromatic rings. The van der Waals surface area contributed by atoms with Gasteiger partial charge in [0.2, 0.25) is 5.91 Å². The Hall–Kier alpha value is -1.31. The van der Waals surface area contributed by atoms with Crippen LogP contribution < -0.4 is 10.6 Å². The smallest absolute Gasteiger partial charge is 0.244 e. The summed E-state index contributed by atoms with van der Waals surface area (Å²) in [6.45, 7) is 7.76. The van der Waals surface area contributed by atoms with Gasteiger partial charge in [-0.2, -0.15) is 0 Å². The molecular formula is C19H31IN4O. The van der Waals surface area contributed by atoms with Gasteiger partial charge in [0.25, 0.3) is 0 Å². The Kier molecular flexibility index (Phi) is 10.5. The maximum absolute atomic E-state index is 12.2. The van der Waals surface area contributed by atoms with E-state index >= 15 is 0 Å². The number of hydrogen-bond donors (Lipinski definition) is 2. The van der Waals surface area contributed by atoms with Crippen LogP contribution in [0.5, 0.6) is 0 Å². The second-order valence-corrected chi connectivity index (χ2v) is 6.33. The Morgan fingerprint density at radius 3 is 2.48 bits per heavy atom. The number of benzene rings is 1. The normalized spacial score (nSPS) is 15.9. The predicted molar refractivity (Wildman–Crippen MR) is 115 cm³/mol. The first-order valence-corrected chi connectivity index (χ1v) is 9.05. The minimum absolute atomic E-state index is 0. The van der Waals surface area contributed by atoms with Crippen molar-refractivity contribution in [2.75, 3.05) is 32.7 Å². The lowest BCUT2D eigenvalue weighted by Crippen LogP contribution is -2.41. The molecule has 0 radical (unpaired) electrons. The van der Waals surface area contributed by atoms with Crippen LogP contribution in [0.15, 0.2) is 35.3 Å². The van der Waals surface area contributed by atoms with Gasteiger partial charge in [0.15, 0.2) is 5.96 Å². The van der Waals surface area contributed by atoms with Gasteiger partial charge in [-0.25, -0.2) is 4.99 Å². The number of piperidine rings is 1. The first-order chi connectivity index (χ1) is 11.7. The van der Waals surface area contributed by atoms with Crippen LogP contribution in [0.25, 0.3) is 0 Å². The molecule has 140 valence electrons. The summed E-state index contributed by atoms with van der Waals surface area (Å²) in [5.41, 5.74) is 1.30. The van der Waals surface area contributed by atoms with Gasteiger partial charge in [-0.3, -0.25) is 4.79 Å². The molecule has 0 spiro atoms. The van der Waals surface area contributed by atoms with Crippen molar-refractivity contribution in [2.45, 2.75) is 39.0 Å². The lowest BCUT2D eigenvalue weighted by Gasteiger charge is -2.26. The van der Waals surface area contributed by atoms with Gasteiger partial charge in [-0.15, -0.1) is 24.0 Å². The van der Waals surface area contributed by atoms with Crippen LogP contribution in [0.4, 0.5) is 0 Å². The third kappa shape index (κ3) is 7.63. The zero-order valence-electron chi connectivity index (χ0n) is 15.3. The SMILES string of the molecule is CCNC(=NCC(=O)N1CCCCC1)NCC(C)c1ccccc1.I. The van der Waals surface area contributed by atoms with E-state index in [9.17, 15) is 4.79 Å². The van der Waals surface area contributed by atoms with E-state index in [-0.39, 0.29) is 36.4 Å². The molecule has 25 heavy (non-hydrogen) atoms. The van der Waals surface area contributed by atoms with E-state index < -0.39 is 0 Å². The predicted octanol–water partition coefficient (Wildman–Crippen LogP) is 2.98. The number of aliphatic imine (C=N–C) groups is 1. The largest absolute Gasteiger partial charge is 0.357 e. The third-order valence-corrected chi connectivity index (χ3v) is 4.37. The lowest BCUT2D eigenvalue weighted by atomic mass is 10.0. The van der Waals surface area contributed by atoms with E-state index in [2.05, 4.69) is 46.8 Å². The van der Waals surface area contributed by atoms with Gasteiger partial charge in [0.1, 0.15) is 6.54 Å². The summed E-state index contributed by atoms with van der Waals surface area (Å²) >= 11 is 0. The van der Waals surface area contributed by atoms with Crippen molar-refractivity contribution >= 4 is 35.8 Å². The molecule has 1 heterocycles. The summed E-state index contributed by atoms with van der Waals surface area (Å²) in [5.74, 6) is 1.22. The van der Waals surface area contributed by atoms with Gasteiger partial charge in [0, 0.05) is 26.2 Å². The van der Waals surface area contributed by atoms with Crippen LogP contribution in [0.1, 0.15) is 44.6 Å². The molecule has 1 aliphatic heterocycles. The number of hydrogen-bond acceptors (Lipinski definition) is 2. The van der Waals surface area contributed by atoms with Crippen LogP contribution in [-0.2, 0) is 4.79 Å². The monoisotopic (exact) mass is 458 g/mol. The van der Waals surface area contributed by atoms with E-state index in [1.54, 1.807) is 0 Å². The summed E-state index contributed by atoms with van der Waals surface area (Å²) < 4.78 is 0. The zero-order valence-corrected chi connectivity index (χ0v) is 17.7. The highest BCUT2D eigenvalue weighted by Crippen LogP contribution is 2.13. The minimum atomic E-state index is 0. The number of nitrogens with zero attached hydrogens (tertiary/aromatic N) is 2. The number of carbonyl (C=O) groups excluding carboxylic acids is 1. The van der Waals surface area contributed by atoms with Crippen LogP contribution in [-0.4, -0.2) is 49.5 Å². The molecule has 1 atom stereocenters. The van der Waals surface area contributed by atoms with Crippen molar-refractivity contribution in [1.29, 1.82) is 0 Å². The molecule has 1 unspecified atom stereocenters. The Morgan fingerprint density at radius 1 is 1.16 bits per heavy atom. The van der Waals surface area contributed by atoms with Gasteiger partial charge < -0.3 is 15.5 Å². The number of carbonyl (C=O) groups is 1. The molecule has 0 saturated carbocycles. The summed E-state index contributed by atoms with van der Waals surface area (Å²) in [6, 6.07) is 10.4. The Bertz CT molecular complexity index is 529. The van der Waals surface area contributed by atoms with Crippen molar-refractivity contribution in [3.63, 3.8) is 0 Å². The highest BCUT2D eigenvalue weighted by Gasteiger charge is 2.16. The number of guanidine groups is 1. The summed E-state index contributed by atoms with van der Waals surface area (Å²) in [6.07, 6.45) is 3.46. The van der Waals surface area contributed by atoms with E-state index in [0.717, 1.165) is 39.0 Å². The minimum Gasteiger partial charge on any atom is -0.357 e. The fourth-order valence-electron chi connectivity index (χ4n) is 2.88. The molecule has 6 heteroatoms. The number of halogens is 1. The quantitative estimate of drug-likeness (QED) is 0.392. The molecule has 5 nitrogen and oxygen atoms in total. The van der Waals surface area contributed by atoms with E-state index in [1.165, 1.54) is 12.0 Å². The fourth-order valence-corrected chi connectivity index (χ4v) is 2.88. The molecule has 0 aromatic heterocycles. The topological polar surface area (TPSA) is 56.7 Å². The highest BCUT2D eigenvalue weighted by atomic mass is 127. The highest BCUT2D eigenvalue weighted by molar-refractivity contribution is 14.0. The molecule has 0 aliphatic carbocycles. The maximum Gasteiger partial charge on any atom is 0.244 e. The third-order valence-electron chi connectivity index (χ3n) is 4.37. The Balaban J connectivity index is 0.00000312. The molecule has 2 N–H and O–H groups in total. The van der Waals surface area contributed by atoms with E-state index in [4.69, 9.17) is 0 Å². The van der Waals surface area contributed by atoms with Crippen molar-refractivity contribution < 1.29 is 4.79 Å².